The van der Waals surface area contributed by atoms with Gasteiger partial charge in [-0.15, -0.1) is 0 Å². The molecule has 1 aromatic heterocycles. The Morgan fingerprint density at radius 1 is 1.16 bits per heavy atom. The van der Waals surface area contributed by atoms with Crippen LogP contribution in [0.5, 0.6) is 0 Å². The van der Waals surface area contributed by atoms with E-state index in [0.29, 0.717) is 13.1 Å². The van der Waals surface area contributed by atoms with Gasteiger partial charge < -0.3 is 9.80 Å². The number of carbonyl (C=O) groups is 1. The first-order valence-electron chi connectivity index (χ1n) is 6.26. The van der Waals surface area contributed by atoms with Gasteiger partial charge in [-0.25, -0.2) is 4.39 Å². The van der Waals surface area contributed by atoms with Crippen LogP contribution in [-0.2, 0) is 4.79 Å². The van der Waals surface area contributed by atoms with Crippen molar-refractivity contribution in [2.45, 2.75) is 0 Å². The van der Waals surface area contributed by atoms with Crippen molar-refractivity contribution in [3.63, 3.8) is 0 Å². The van der Waals surface area contributed by atoms with Crippen molar-refractivity contribution < 1.29 is 9.18 Å². The number of piperazine rings is 1. The van der Waals surface area contributed by atoms with Crippen molar-refractivity contribution in [1.29, 1.82) is 0 Å². The highest BCUT2D eigenvalue weighted by molar-refractivity contribution is 5.91. The smallest absolute Gasteiger partial charge is 0.209 e. The summed E-state index contributed by atoms with van der Waals surface area (Å²) in [6, 6.07) is 6.53. The molecule has 1 amide bonds. The monoisotopic (exact) mass is 259 g/mol. The van der Waals surface area contributed by atoms with E-state index in [1.165, 1.54) is 12.1 Å². The van der Waals surface area contributed by atoms with E-state index in [0.717, 1.165) is 36.1 Å². The van der Waals surface area contributed by atoms with Crippen LogP contribution < -0.4 is 4.90 Å². The van der Waals surface area contributed by atoms with Crippen LogP contribution >= 0.6 is 0 Å². The lowest BCUT2D eigenvalue weighted by Gasteiger charge is -2.34. The number of fused-ring (bicyclic) bond motifs is 1. The van der Waals surface area contributed by atoms with Crippen molar-refractivity contribution in [2.75, 3.05) is 31.1 Å². The number of hydrogen-bond donors (Lipinski definition) is 0. The maximum atomic E-state index is 13.4. The van der Waals surface area contributed by atoms with E-state index in [1.54, 1.807) is 17.2 Å². The molecule has 0 N–H and O–H groups in total. The number of carbonyl (C=O) groups excluding carboxylic acids is 1. The molecular formula is C14H14FN3O. The lowest BCUT2D eigenvalue weighted by molar-refractivity contribution is -0.118. The summed E-state index contributed by atoms with van der Waals surface area (Å²) in [5.74, 6) is -0.256. The van der Waals surface area contributed by atoms with E-state index >= 15 is 0 Å². The van der Waals surface area contributed by atoms with Crippen LogP contribution in [-0.4, -0.2) is 42.5 Å². The first-order chi connectivity index (χ1) is 9.28. The molecule has 0 bridgehead atoms. The Morgan fingerprint density at radius 2 is 1.95 bits per heavy atom. The molecule has 1 aromatic carbocycles. The standard InChI is InChI=1S/C14H14FN3O/c15-11-1-2-13-12(9-11)14(3-4-16-13)18-7-5-17(10-19)6-8-18/h1-4,9-10H,5-8H2. The fourth-order valence-corrected chi connectivity index (χ4v) is 2.45. The summed E-state index contributed by atoms with van der Waals surface area (Å²) >= 11 is 0. The molecule has 1 saturated heterocycles. The van der Waals surface area contributed by atoms with Crippen molar-refractivity contribution >= 4 is 23.0 Å². The molecule has 5 heteroatoms. The molecule has 0 aliphatic carbocycles. The van der Waals surface area contributed by atoms with Crippen molar-refractivity contribution in [3.05, 3.63) is 36.3 Å². The van der Waals surface area contributed by atoms with Gasteiger partial charge in [0.25, 0.3) is 0 Å². The zero-order chi connectivity index (χ0) is 13.2. The topological polar surface area (TPSA) is 36.4 Å². The van der Waals surface area contributed by atoms with Crippen molar-refractivity contribution in [3.8, 4) is 0 Å². The average molecular weight is 259 g/mol. The maximum Gasteiger partial charge on any atom is 0.209 e. The Hall–Kier alpha value is -2.17. The maximum absolute atomic E-state index is 13.4. The average Bonchev–Trinajstić information content (AvgIpc) is 2.47. The van der Waals surface area contributed by atoms with Gasteiger partial charge in [-0.1, -0.05) is 0 Å². The van der Waals surface area contributed by atoms with Gasteiger partial charge in [-0.05, 0) is 24.3 Å². The van der Waals surface area contributed by atoms with Crippen LogP contribution in [0.2, 0.25) is 0 Å². The molecule has 1 aliphatic rings. The lowest BCUT2D eigenvalue weighted by Crippen LogP contribution is -2.45. The number of nitrogens with zero attached hydrogens (tertiary/aromatic N) is 3. The molecule has 0 unspecified atom stereocenters. The second kappa shape index (κ2) is 4.84. The van der Waals surface area contributed by atoms with Crippen LogP contribution in [0, 0.1) is 5.82 Å². The summed E-state index contributed by atoms with van der Waals surface area (Å²) in [5, 5.41) is 0.821. The van der Waals surface area contributed by atoms with Crippen molar-refractivity contribution in [1.82, 2.24) is 9.88 Å². The second-order valence-corrected chi connectivity index (χ2v) is 4.62. The number of aromatic nitrogens is 1. The predicted molar refractivity (Wildman–Crippen MR) is 71.6 cm³/mol. The van der Waals surface area contributed by atoms with Gasteiger partial charge in [0.15, 0.2) is 0 Å². The van der Waals surface area contributed by atoms with Crippen LogP contribution in [0.15, 0.2) is 30.5 Å². The minimum Gasteiger partial charge on any atom is -0.367 e. The molecule has 0 spiro atoms. The van der Waals surface area contributed by atoms with Gasteiger partial charge in [-0.2, -0.15) is 0 Å². The van der Waals surface area contributed by atoms with E-state index in [-0.39, 0.29) is 5.82 Å². The molecule has 4 nitrogen and oxygen atoms in total. The van der Waals surface area contributed by atoms with E-state index in [2.05, 4.69) is 9.88 Å². The summed E-state index contributed by atoms with van der Waals surface area (Å²) in [5.41, 5.74) is 1.77. The Balaban J connectivity index is 1.96. The van der Waals surface area contributed by atoms with Gasteiger partial charge in [0.1, 0.15) is 5.82 Å². The van der Waals surface area contributed by atoms with E-state index in [9.17, 15) is 9.18 Å². The van der Waals surface area contributed by atoms with Crippen LogP contribution in [0.3, 0.4) is 0 Å². The second-order valence-electron chi connectivity index (χ2n) is 4.62. The zero-order valence-electron chi connectivity index (χ0n) is 10.4. The molecule has 0 radical (unpaired) electrons. The number of hydrogen-bond acceptors (Lipinski definition) is 3. The first kappa shape index (κ1) is 11.9. The SMILES string of the molecule is O=CN1CCN(c2ccnc3ccc(F)cc23)CC1. The molecule has 1 aliphatic heterocycles. The number of halogens is 1. The summed E-state index contributed by atoms with van der Waals surface area (Å²) in [4.78, 5) is 18.9. The molecule has 0 saturated carbocycles. The summed E-state index contributed by atoms with van der Waals surface area (Å²) in [6.45, 7) is 2.91. The predicted octanol–water partition coefficient (Wildman–Crippen LogP) is 1.65. The fraction of sp³-hybridized carbons (Fsp3) is 0.286. The minimum absolute atomic E-state index is 0.256. The number of rotatable bonds is 2. The third-order valence-electron chi connectivity index (χ3n) is 3.48. The normalized spacial score (nSPS) is 15.8. The van der Waals surface area contributed by atoms with E-state index in [4.69, 9.17) is 0 Å². The minimum atomic E-state index is -0.256. The van der Waals surface area contributed by atoms with Gasteiger partial charge in [-0.3, -0.25) is 9.78 Å². The quantitative estimate of drug-likeness (QED) is 0.769. The molecule has 2 heterocycles. The molecule has 1 fully saturated rings. The summed E-state index contributed by atoms with van der Waals surface area (Å²) in [6.07, 6.45) is 2.61. The lowest BCUT2D eigenvalue weighted by atomic mass is 10.1. The van der Waals surface area contributed by atoms with Gasteiger partial charge in [0, 0.05) is 43.4 Å². The Bertz CT molecular complexity index is 609. The molecule has 0 atom stereocenters. The van der Waals surface area contributed by atoms with Gasteiger partial charge in [0.2, 0.25) is 6.41 Å². The largest absolute Gasteiger partial charge is 0.367 e. The third kappa shape index (κ3) is 2.23. The Morgan fingerprint density at radius 3 is 2.68 bits per heavy atom. The van der Waals surface area contributed by atoms with Gasteiger partial charge >= 0.3 is 0 Å². The molecular weight excluding hydrogens is 245 g/mol. The molecule has 98 valence electrons. The molecule has 2 aromatic rings. The van der Waals surface area contributed by atoms with E-state index in [1.807, 2.05) is 6.07 Å². The van der Waals surface area contributed by atoms with Crippen LogP contribution in [0.25, 0.3) is 10.9 Å². The number of benzene rings is 1. The van der Waals surface area contributed by atoms with Gasteiger partial charge in [0.05, 0.1) is 5.52 Å². The van der Waals surface area contributed by atoms with Crippen molar-refractivity contribution in [2.24, 2.45) is 0 Å². The Labute approximate surface area is 110 Å². The summed E-state index contributed by atoms with van der Waals surface area (Å²) in [7, 11) is 0. The van der Waals surface area contributed by atoms with Crippen LogP contribution in [0.1, 0.15) is 0 Å². The molecule has 3 rings (SSSR count). The highest BCUT2D eigenvalue weighted by Gasteiger charge is 2.17. The third-order valence-corrected chi connectivity index (χ3v) is 3.48. The van der Waals surface area contributed by atoms with Crippen LogP contribution in [0.4, 0.5) is 10.1 Å². The highest BCUT2D eigenvalue weighted by Crippen LogP contribution is 2.26. The zero-order valence-corrected chi connectivity index (χ0v) is 10.4. The summed E-state index contributed by atoms with van der Waals surface area (Å²) < 4.78 is 13.4. The number of anilines is 1. The van der Waals surface area contributed by atoms with E-state index < -0.39 is 0 Å². The fourth-order valence-electron chi connectivity index (χ4n) is 2.45. The molecule has 19 heavy (non-hydrogen) atoms. The number of pyridine rings is 1. The Kier molecular flexibility index (Phi) is 3.03. The first-order valence-corrected chi connectivity index (χ1v) is 6.26. The number of amides is 1. The highest BCUT2D eigenvalue weighted by atomic mass is 19.1.